The fourth-order valence-corrected chi connectivity index (χ4v) is 3.22. The molecule has 0 aliphatic heterocycles. The van der Waals surface area contributed by atoms with E-state index in [0.29, 0.717) is 5.69 Å². The largest absolute Gasteiger partial charge is 0.467 e. The van der Waals surface area contributed by atoms with E-state index in [1.165, 1.54) is 18.4 Å². The number of nitrogens with one attached hydrogen (secondary N) is 1. The fraction of sp³-hybridized carbons (Fsp3) is 0.312. The van der Waals surface area contributed by atoms with Gasteiger partial charge in [0.1, 0.15) is 10.5 Å². The minimum absolute atomic E-state index is 0.116. The SMILES string of the molecule is COC(=O)C(C)(C)NC(=O)Cc1csc(-c2cccc(Br)c2)n1. The molecule has 0 unspecified atom stereocenters. The highest BCUT2D eigenvalue weighted by atomic mass is 79.9. The van der Waals surface area contributed by atoms with Crippen molar-refractivity contribution in [1.82, 2.24) is 10.3 Å². The van der Waals surface area contributed by atoms with Crippen LogP contribution in [0.2, 0.25) is 0 Å². The van der Waals surface area contributed by atoms with E-state index in [-0.39, 0.29) is 12.3 Å². The van der Waals surface area contributed by atoms with Gasteiger partial charge in [0.2, 0.25) is 5.91 Å². The Bertz CT molecular complexity index is 728. The summed E-state index contributed by atoms with van der Waals surface area (Å²) >= 11 is 4.91. The molecule has 7 heteroatoms. The lowest BCUT2D eigenvalue weighted by Gasteiger charge is -2.22. The zero-order valence-corrected chi connectivity index (χ0v) is 15.5. The molecule has 0 bridgehead atoms. The average Bonchev–Trinajstić information content (AvgIpc) is 2.94. The zero-order chi connectivity index (χ0) is 17.0. The van der Waals surface area contributed by atoms with Gasteiger partial charge in [-0.2, -0.15) is 0 Å². The predicted molar refractivity (Wildman–Crippen MR) is 93.2 cm³/mol. The van der Waals surface area contributed by atoms with Crippen molar-refractivity contribution in [1.29, 1.82) is 0 Å². The van der Waals surface area contributed by atoms with Crippen LogP contribution >= 0.6 is 27.3 Å². The molecule has 2 rings (SSSR count). The summed E-state index contributed by atoms with van der Waals surface area (Å²) in [6, 6.07) is 7.82. The smallest absolute Gasteiger partial charge is 0.330 e. The van der Waals surface area contributed by atoms with Crippen molar-refractivity contribution in [2.24, 2.45) is 0 Å². The molecular weight excluding hydrogens is 380 g/mol. The number of nitrogens with zero attached hydrogens (tertiary/aromatic N) is 1. The molecule has 1 heterocycles. The number of benzene rings is 1. The number of carbonyl (C=O) groups is 2. The summed E-state index contributed by atoms with van der Waals surface area (Å²) < 4.78 is 5.64. The van der Waals surface area contributed by atoms with Gasteiger partial charge in [-0.3, -0.25) is 4.79 Å². The second kappa shape index (κ2) is 7.23. The number of carbonyl (C=O) groups excluding carboxylic acids is 2. The Morgan fingerprint density at radius 2 is 2.13 bits per heavy atom. The van der Waals surface area contributed by atoms with Crippen LogP contribution in [-0.2, 0) is 20.7 Å². The van der Waals surface area contributed by atoms with Crippen molar-refractivity contribution in [3.8, 4) is 10.6 Å². The number of aromatic nitrogens is 1. The number of thiazole rings is 1. The van der Waals surface area contributed by atoms with Crippen LogP contribution in [0.1, 0.15) is 19.5 Å². The highest BCUT2D eigenvalue weighted by molar-refractivity contribution is 9.10. The highest BCUT2D eigenvalue weighted by Gasteiger charge is 2.30. The quantitative estimate of drug-likeness (QED) is 0.787. The molecule has 122 valence electrons. The number of esters is 1. The Balaban J connectivity index is 2.04. The first-order valence-electron chi connectivity index (χ1n) is 6.91. The summed E-state index contributed by atoms with van der Waals surface area (Å²) in [6.07, 6.45) is 0.116. The van der Waals surface area contributed by atoms with Crippen molar-refractivity contribution in [3.63, 3.8) is 0 Å². The van der Waals surface area contributed by atoms with Crippen LogP contribution in [0.25, 0.3) is 10.6 Å². The summed E-state index contributed by atoms with van der Waals surface area (Å²) in [5.41, 5.74) is 0.601. The van der Waals surface area contributed by atoms with Crippen LogP contribution in [0, 0.1) is 0 Å². The van der Waals surface area contributed by atoms with Gasteiger partial charge in [0.05, 0.1) is 19.2 Å². The van der Waals surface area contributed by atoms with E-state index >= 15 is 0 Å². The van der Waals surface area contributed by atoms with Crippen LogP contribution in [0.4, 0.5) is 0 Å². The maximum absolute atomic E-state index is 12.1. The molecule has 0 aliphatic carbocycles. The van der Waals surface area contributed by atoms with Gasteiger partial charge in [-0.05, 0) is 26.0 Å². The van der Waals surface area contributed by atoms with E-state index in [1.54, 1.807) is 13.8 Å². The van der Waals surface area contributed by atoms with E-state index in [2.05, 4.69) is 31.0 Å². The molecule has 0 saturated carbocycles. The summed E-state index contributed by atoms with van der Waals surface area (Å²) in [6.45, 7) is 3.20. The van der Waals surface area contributed by atoms with Gasteiger partial charge in [0.25, 0.3) is 0 Å². The monoisotopic (exact) mass is 396 g/mol. The number of amides is 1. The average molecular weight is 397 g/mol. The highest BCUT2D eigenvalue weighted by Crippen LogP contribution is 2.26. The first-order chi connectivity index (χ1) is 10.8. The van der Waals surface area contributed by atoms with Crippen LogP contribution in [-0.4, -0.2) is 29.5 Å². The summed E-state index contributed by atoms with van der Waals surface area (Å²) in [7, 11) is 1.29. The molecule has 5 nitrogen and oxygen atoms in total. The van der Waals surface area contributed by atoms with Gasteiger partial charge >= 0.3 is 5.97 Å². The molecule has 23 heavy (non-hydrogen) atoms. The number of methoxy groups -OCH3 is 1. The van der Waals surface area contributed by atoms with Gasteiger partial charge in [-0.15, -0.1) is 11.3 Å². The van der Waals surface area contributed by atoms with Gasteiger partial charge in [0.15, 0.2) is 0 Å². The molecule has 1 amide bonds. The fourth-order valence-electron chi connectivity index (χ4n) is 2.01. The van der Waals surface area contributed by atoms with E-state index in [4.69, 9.17) is 0 Å². The van der Waals surface area contributed by atoms with Crippen LogP contribution in [0.5, 0.6) is 0 Å². The lowest BCUT2D eigenvalue weighted by molar-refractivity contribution is -0.149. The Hall–Kier alpha value is -1.73. The topological polar surface area (TPSA) is 68.3 Å². The van der Waals surface area contributed by atoms with E-state index < -0.39 is 11.5 Å². The Morgan fingerprint density at radius 3 is 2.78 bits per heavy atom. The molecule has 0 spiro atoms. The molecule has 1 N–H and O–H groups in total. The lowest BCUT2D eigenvalue weighted by atomic mass is 10.1. The third-order valence-electron chi connectivity index (χ3n) is 3.11. The van der Waals surface area contributed by atoms with Gasteiger partial charge in [-0.25, -0.2) is 9.78 Å². The number of hydrogen-bond acceptors (Lipinski definition) is 5. The summed E-state index contributed by atoms with van der Waals surface area (Å²) in [4.78, 5) is 28.2. The second-order valence-electron chi connectivity index (χ2n) is 5.50. The summed E-state index contributed by atoms with van der Waals surface area (Å²) in [5, 5.41) is 5.35. The minimum Gasteiger partial charge on any atom is -0.467 e. The first-order valence-corrected chi connectivity index (χ1v) is 8.59. The van der Waals surface area contributed by atoms with E-state index in [0.717, 1.165) is 15.0 Å². The Morgan fingerprint density at radius 1 is 1.39 bits per heavy atom. The standard InChI is InChI=1S/C16H17BrN2O3S/c1-16(2,15(21)22-3)19-13(20)8-12-9-23-14(18-12)10-5-4-6-11(17)7-10/h4-7,9H,8H2,1-3H3,(H,19,20). The molecule has 0 saturated heterocycles. The van der Waals surface area contributed by atoms with Gasteiger partial charge < -0.3 is 10.1 Å². The third kappa shape index (κ3) is 4.62. The normalized spacial score (nSPS) is 11.1. The third-order valence-corrected chi connectivity index (χ3v) is 4.55. The van der Waals surface area contributed by atoms with Crippen molar-refractivity contribution in [2.75, 3.05) is 7.11 Å². The molecular formula is C16H17BrN2O3S. The van der Waals surface area contributed by atoms with Crippen molar-refractivity contribution in [3.05, 3.63) is 39.8 Å². The molecule has 1 aromatic carbocycles. The second-order valence-corrected chi connectivity index (χ2v) is 7.27. The maximum atomic E-state index is 12.1. The zero-order valence-electron chi connectivity index (χ0n) is 13.1. The van der Waals surface area contributed by atoms with E-state index in [9.17, 15) is 9.59 Å². The van der Waals surface area contributed by atoms with Crippen molar-refractivity contribution >= 4 is 39.1 Å². The lowest BCUT2D eigenvalue weighted by Crippen LogP contribution is -2.50. The summed E-state index contributed by atoms with van der Waals surface area (Å²) in [5.74, 6) is -0.759. The van der Waals surface area contributed by atoms with Crippen molar-refractivity contribution < 1.29 is 14.3 Å². The molecule has 0 aliphatic rings. The number of rotatable bonds is 5. The number of hydrogen-bond donors (Lipinski definition) is 1. The number of ether oxygens (including phenoxy) is 1. The molecule has 1 aromatic heterocycles. The van der Waals surface area contributed by atoms with Crippen LogP contribution in [0.15, 0.2) is 34.1 Å². The predicted octanol–water partition coefficient (Wildman–Crippen LogP) is 3.18. The molecule has 2 aromatic rings. The molecule has 0 fully saturated rings. The van der Waals surface area contributed by atoms with Crippen LogP contribution < -0.4 is 5.32 Å². The van der Waals surface area contributed by atoms with Gasteiger partial charge in [0, 0.05) is 15.4 Å². The molecule has 0 radical (unpaired) electrons. The first kappa shape index (κ1) is 17.6. The molecule has 0 atom stereocenters. The van der Waals surface area contributed by atoms with Gasteiger partial charge in [-0.1, -0.05) is 28.1 Å². The Kier molecular flexibility index (Phi) is 5.54. The van der Waals surface area contributed by atoms with Crippen molar-refractivity contribution in [2.45, 2.75) is 25.8 Å². The van der Waals surface area contributed by atoms with E-state index in [1.807, 2.05) is 29.6 Å². The Labute approximate surface area is 147 Å². The maximum Gasteiger partial charge on any atom is 0.330 e. The van der Waals surface area contributed by atoms with Crippen LogP contribution in [0.3, 0.4) is 0 Å². The number of halogens is 1. The minimum atomic E-state index is -1.06.